The monoisotopic (exact) mass is 257 g/mol. The van der Waals surface area contributed by atoms with E-state index in [4.69, 9.17) is 5.11 Å². The summed E-state index contributed by atoms with van der Waals surface area (Å²) in [5.41, 5.74) is 0. The minimum atomic E-state index is -0.948. The Bertz CT molecular complexity index is 345. The predicted octanol–water partition coefficient (Wildman–Crippen LogP) is -0.277. The summed E-state index contributed by atoms with van der Waals surface area (Å²) < 4.78 is 0. The van der Waals surface area contributed by atoms with Crippen molar-refractivity contribution >= 4 is 17.9 Å². The third-order valence-electron chi connectivity index (χ3n) is 2.99. The standard InChI is InChI=1S/C11H19N3O4/c1-3-8(6-10(16)17)12-11(18)14-5-4-13(2)9(15)7-14/h8H,3-7H2,1-2H3,(H,12,18)(H,16,17). The third-order valence-corrected chi connectivity index (χ3v) is 2.99. The van der Waals surface area contributed by atoms with Crippen LogP contribution in [0, 0.1) is 0 Å². The maximum Gasteiger partial charge on any atom is 0.318 e. The molecular weight excluding hydrogens is 238 g/mol. The zero-order chi connectivity index (χ0) is 13.7. The molecule has 1 heterocycles. The summed E-state index contributed by atoms with van der Waals surface area (Å²) in [6.07, 6.45) is 0.434. The van der Waals surface area contributed by atoms with Gasteiger partial charge >= 0.3 is 12.0 Å². The molecule has 1 rings (SSSR count). The maximum atomic E-state index is 11.9. The van der Waals surface area contributed by atoms with Crippen molar-refractivity contribution in [3.05, 3.63) is 0 Å². The number of aliphatic carboxylic acids is 1. The van der Waals surface area contributed by atoms with E-state index in [9.17, 15) is 14.4 Å². The van der Waals surface area contributed by atoms with E-state index in [1.54, 1.807) is 11.9 Å². The Morgan fingerprint density at radius 3 is 2.61 bits per heavy atom. The lowest BCUT2D eigenvalue weighted by Gasteiger charge is -2.32. The number of nitrogens with zero attached hydrogens (tertiary/aromatic N) is 2. The Kier molecular flexibility index (Phi) is 4.94. The van der Waals surface area contributed by atoms with Crippen LogP contribution in [0.2, 0.25) is 0 Å². The van der Waals surface area contributed by atoms with Crippen LogP contribution in [0.4, 0.5) is 4.79 Å². The molecule has 1 atom stereocenters. The molecule has 0 aromatic heterocycles. The van der Waals surface area contributed by atoms with Gasteiger partial charge < -0.3 is 20.2 Å². The van der Waals surface area contributed by atoms with Gasteiger partial charge in [0.05, 0.1) is 6.42 Å². The number of carbonyl (C=O) groups is 3. The van der Waals surface area contributed by atoms with E-state index in [-0.39, 0.29) is 24.9 Å². The Morgan fingerprint density at radius 1 is 1.44 bits per heavy atom. The van der Waals surface area contributed by atoms with Crippen molar-refractivity contribution in [1.82, 2.24) is 15.1 Å². The highest BCUT2D eigenvalue weighted by Gasteiger charge is 2.26. The molecule has 1 fully saturated rings. The van der Waals surface area contributed by atoms with Crippen LogP contribution in [0.15, 0.2) is 0 Å². The molecule has 0 bridgehead atoms. The highest BCUT2D eigenvalue weighted by Crippen LogP contribution is 2.04. The van der Waals surface area contributed by atoms with E-state index < -0.39 is 12.0 Å². The zero-order valence-electron chi connectivity index (χ0n) is 10.7. The second-order valence-corrected chi connectivity index (χ2v) is 4.39. The SMILES string of the molecule is CCC(CC(=O)O)NC(=O)N1CCN(C)C(=O)C1. The van der Waals surface area contributed by atoms with Gasteiger partial charge in [0.15, 0.2) is 0 Å². The van der Waals surface area contributed by atoms with Gasteiger partial charge in [-0.1, -0.05) is 6.92 Å². The quantitative estimate of drug-likeness (QED) is 0.725. The van der Waals surface area contributed by atoms with Crippen molar-refractivity contribution in [1.29, 1.82) is 0 Å². The molecular formula is C11H19N3O4. The molecule has 1 unspecified atom stereocenters. The van der Waals surface area contributed by atoms with Gasteiger partial charge in [0.1, 0.15) is 6.54 Å². The van der Waals surface area contributed by atoms with Gasteiger partial charge in [0, 0.05) is 26.2 Å². The molecule has 0 aliphatic carbocycles. The molecule has 1 aliphatic heterocycles. The summed E-state index contributed by atoms with van der Waals surface area (Å²) in [6, 6.07) is -0.769. The molecule has 1 saturated heterocycles. The van der Waals surface area contributed by atoms with Gasteiger partial charge in [-0.2, -0.15) is 0 Å². The summed E-state index contributed by atoms with van der Waals surface area (Å²) in [7, 11) is 1.69. The highest BCUT2D eigenvalue weighted by atomic mass is 16.4. The van der Waals surface area contributed by atoms with Gasteiger partial charge in [-0.15, -0.1) is 0 Å². The predicted molar refractivity (Wildman–Crippen MR) is 64.1 cm³/mol. The van der Waals surface area contributed by atoms with E-state index in [1.165, 1.54) is 4.90 Å². The first-order valence-corrected chi connectivity index (χ1v) is 5.95. The fourth-order valence-corrected chi connectivity index (χ4v) is 1.71. The van der Waals surface area contributed by atoms with Gasteiger partial charge in [-0.25, -0.2) is 4.79 Å². The Balaban J connectivity index is 2.49. The number of likely N-dealkylation sites (N-methyl/N-ethyl adjacent to an activating group) is 1. The number of rotatable bonds is 4. The van der Waals surface area contributed by atoms with Crippen molar-refractivity contribution in [3.63, 3.8) is 0 Å². The van der Waals surface area contributed by atoms with Gasteiger partial charge in [-0.3, -0.25) is 9.59 Å². The zero-order valence-corrected chi connectivity index (χ0v) is 10.7. The topological polar surface area (TPSA) is 89.9 Å². The Hall–Kier alpha value is -1.79. The second kappa shape index (κ2) is 6.23. The molecule has 1 aliphatic rings. The van der Waals surface area contributed by atoms with Gasteiger partial charge in [-0.05, 0) is 6.42 Å². The smallest absolute Gasteiger partial charge is 0.318 e. The lowest BCUT2D eigenvalue weighted by molar-refractivity contribution is -0.137. The fraction of sp³-hybridized carbons (Fsp3) is 0.727. The van der Waals surface area contributed by atoms with Crippen LogP contribution in [0.5, 0.6) is 0 Å². The van der Waals surface area contributed by atoms with Crippen molar-refractivity contribution in [3.8, 4) is 0 Å². The average molecular weight is 257 g/mol. The first-order valence-electron chi connectivity index (χ1n) is 5.95. The normalized spacial score (nSPS) is 17.6. The third kappa shape index (κ3) is 3.90. The minimum absolute atomic E-state index is 0.0475. The van der Waals surface area contributed by atoms with E-state index in [0.717, 1.165) is 0 Å². The average Bonchev–Trinajstić information content (AvgIpc) is 2.31. The lowest BCUT2D eigenvalue weighted by atomic mass is 10.1. The summed E-state index contributed by atoms with van der Waals surface area (Å²) in [5, 5.41) is 11.3. The van der Waals surface area contributed by atoms with Gasteiger partial charge in [0.2, 0.25) is 5.91 Å². The molecule has 3 amide bonds. The molecule has 18 heavy (non-hydrogen) atoms. The number of urea groups is 1. The summed E-state index contributed by atoms with van der Waals surface area (Å²) in [4.78, 5) is 36.9. The van der Waals surface area contributed by atoms with Crippen LogP contribution in [0.25, 0.3) is 0 Å². The second-order valence-electron chi connectivity index (χ2n) is 4.39. The number of nitrogens with one attached hydrogen (secondary N) is 1. The van der Waals surface area contributed by atoms with E-state index >= 15 is 0 Å². The summed E-state index contributed by atoms with van der Waals surface area (Å²) in [5.74, 6) is -1.06. The van der Waals surface area contributed by atoms with Crippen LogP contribution in [-0.2, 0) is 9.59 Å². The Morgan fingerprint density at radius 2 is 2.11 bits per heavy atom. The van der Waals surface area contributed by atoms with Gasteiger partial charge in [0.25, 0.3) is 0 Å². The number of piperazine rings is 1. The molecule has 102 valence electrons. The van der Waals surface area contributed by atoms with Crippen molar-refractivity contribution in [2.24, 2.45) is 0 Å². The molecule has 0 spiro atoms. The van der Waals surface area contributed by atoms with E-state index in [1.807, 2.05) is 6.92 Å². The molecule has 7 nitrogen and oxygen atoms in total. The number of hydrogen-bond acceptors (Lipinski definition) is 3. The molecule has 0 saturated carbocycles. The largest absolute Gasteiger partial charge is 0.481 e. The maximum absolute atomic E-state index is 11.9. The van der Waals surface area contributed by atoms with Crippen molar-refractivity contribution < 1.29 is 19.5 Å². The van der Waals surface area contributed by atoms with Crippen LogP contribution < -0.4 is 5.32 Å². The molecule has 0 radical (unpaired) electrons. The molecule has 7 heteroatoms. The first-order chi connectivity index (χ1) is 8.43. The number of carboxylic acids is 1. The lowest BCUT2D eigenvalue weighted by Crippen LogP contribution is -2.55. The van der Waals surface area contributed by atoms with Crippen molar-refractivity contribution in [2.45, 2.75) is 25.8 Å². The van der Waals surface area contributed by atoms with Crippen LogP contribution in [0.3, 0.4) is 0 Å². The molecule has 2 N–H and O–H groups in total. The summed E-state index contributed by atoms with van der Waals surface area (Å²) in [6.45, 7) is 2.83. The number of amides is 3. The van der Waals surface area contributed by atoms with Crippen LogP contribution in [-0.4, -0.2) is 65.5 Å². The first kappa shape index (κ1) is 14.3. The highest BCUT2D eigenvalue weighted by molar-refractivity contribution is 5.85. The fourth-order valence-electron chi connectivity index (χ4n) is 1.71. The van der Waals surface area contributed by atoms with E-state index in [2.05, 4.69) is 5.32 Å². The number of carboxylic acid groups (broad SMARTS) is 1. The van der Waals surface area contributed by atoms with Crippen LogP contribution >= 0.6 is 0 Å². The Labute approximate surface area is 106 Å². The number of carbonyl (C=O) groups excluding carboxylic acids is 2. The van der Waals surface area contributed by atoms with Crippen molar-refractivity contribution in [2.75, 3.05) is 26.7 Å². The minimum Gasteiger partial charge on any atom is -0.481 e. The van der Waals surface area contributed by atoms with E-state index in [0.29, 0.717) is 19.5 Å². The summed E-state index contributed by atoms with van der Waals surface area (Å²) >= 11 is 0. The molecule has 0 aromatic carbocycles. The number of hydrogen-bond donors (Lipinski definition) is 2. The van der Waals surface area contributed by atoms with Crippen LogP contribution in [0.1, 0.15) is 19.8 Å². The molecule has 0 aromatic rings.